The van der Waals surface area contributed by atoms with E-state index in [9.17, 15) is 4.79 Å². The molecule has 1 amide bonds. The van der Waals surface area contributed by atoms with Gasteiger partial charge < -0.3 is 14.8 Å². The summed E-state index contributed by atoms with van der Waals surface area (Å²) < 4.78 is 12.4. The van der Waals surface area contributed by atoms with Gasteiger partial charge in [-0.2, -0.15) is 0 Å². The highest BCUT2D eigenvalue weighted by Crippen LogP contribution is 2.27. The largest absolute Gasteiger partial charge is 0.496 e. The van der Waals surface area contributed by atoms with Crippen molar-refractivity contribution in [3.63, 3.8) is 0 Å². The van der Waals surface area contributed by atoms with Crippen LogP contribution in [-0.2, 0) is 13.1 Å². The number of ether oxygens (including phenoxy) is 2. The Hall–Kier alpha value is -3.42. The van der Waals surface area contributed by atoms with Crippen LogP contribution in [0.3, 0.4) is 0 Å². The van der Waals surface area contributed by atoms with Crippen LogP contribution in [0, 0.1) is 6.92 Å². The number of nitrogens with zero attached hydrogens (tertiary/aromatic N) is 4. The molecule has 0 fully saturated rings. The molecule has 0 saturated carbocycles. The molecular weight excluding hydrogens is 346 g/mol. The van der Waals surface area contributed by atoms with Crippen LogP contribution in [0.1, 0.15) is 27.3 Å². The molecule has 0 aliphatic rings. The smallest absolute Gasteiger partial charge is 0.251 e. The topological polar surface area (TPSA) is 91.2 Å². The van der Waals surface area contributed by atoms with Crippen LogP contribution in [-0.4, -0.2) is 40.3 Å². The van der Waals surface area contributed by atoms with Crippen LogP contribution >= 0.6 is 0 Å². The highest BCUT2D eigenvalue weighted by molar-refractivity contribution is 5.94. The fourth-order valence-corrected chi connectivity index (χ4v) is 2.70. The number of nitrogens with one attached hydrogen (secondary N) is 1. The molecule has 0 radical (unpaired) electrons. The van der Waals surface area contributed by atoms with E-state index in [0.717, 1.165) is 17.0 Å². The maximum atomic E-state index is 12.5. The molecule has 1 aromatic heterocycles. The van der Waals surface area contributed by atoms with Gasteiger partial charge in [0, 0.05) is 5.56 Å². The second-order valence-corrected chi connectivity index (χ2v) is 5.90. The summed E-state index contributed by atoms with van der Waals surface area (Å²) in [6.45, 7) is 2.70. The predicted octanol–water partition coefficient (Wildman–Crippen LogP) is 1.98. The van der Waals surface area contributed by atoms with Gasteiger partial charge in [-0.05, 0) is 47.2 Å². The van der Waals surface area contributed by atoms with Gasteiger partial charge in [0.2, 0.25) is 0 Å². The monoisotopic (exact) mass is 367 g/mol. The highest BCUT2D eigenvalue weighted by Gasteiger charge is 2.12. The van der Waals surface area contributed by atoms with Crippen molar-refractivity contribution in [3.05, 3.63) is 65.0 Å². The molecule has 8 nitrogen and oxygen atoms in total. The Morgan fingerprint density at radius 2 is 1.74 bits per heavy atom. The van der Waals surface area contributed by atoms with Crippen molar-refractivity contribution in [2.45, 2.75) is 20.0 Å². The number of tetrazole rings is 1. The van der Waals surface area contributed by atoms with E-state index >= 15 is 0 Å². The fourth-order valence-electron chi connectivity index (χ4n) is 2.70. The molecular formula is C19H21N5O3. The number of aryl methyl sites for hydroxylation is 1. The Morgan fingerprint density at radius 3 is 2.30 bits per heavy atom. The van der Waals surface area contributed by atoms with E-state index in [2.05, 4.69) is 20.8 Å². The Bertz CT molecular complexity index is 899. The number of rotatable bonds is 7. The summed E-state index contributed by atoms with van der Waals surface area (Å²) in [7, 11) is 3.18. The maximum absolute atomic E-state index is 12.5. The zero-order valence-corrected chi connectivity index (χ0v) is 15.5. The van der Waals surface area contributed by atoms with E-state index in [1.165, 1.54) is 0 Å². The van der Waals surface area contributed by atoms with Gasteiger partial charge >= 0.3 is 0 Å². The number of benzene rings is 2. The standard InChI is InChI=1S/C19H21N5O3/c1-13-21-22-23-24(13)12-14-7-9-15(10-8-14)19(25)20-11-16-17(26-2)5-4-6-18(16)27-3/h4-10H,11-12H2,1-3H3,(H,20,25). The Kier molecular flexibility index (Phi) is 5.65. The van der Waals surface area contributed by atoms with Gasteiger partial charge in [-0.1, -0.05) is 18.2 Å². The molecule has 2 aromatic carbocycles. The van der Waals surface area contributed by atoms with Crippen molar-refractivity contribution < 1.29 is 14.3 Å². The number of carbonyl (C=O) groups excluding carboxylic acids is 1. The number of aromatic nitrogens is 4. The van der Waals surface area contributed by atoms with Crippen LogP contribution in [0.5, 0.6) is 11.5 Å². The van der Waals surface area contributed by atoms with E-state index in [1.807, 2.05) is 37.3 Å². The summed E-state index contributed by atoms with van der Waals surface area (Å²) >= 11 is 0. The van der Waals surface area contributed by atoms with Crippen molar-refractivity contribution in [1.29, 1.82) is 0 Å². The number of hydrogen-bond acceptors (Lipinski definition) is 6. The average Bonchev–Trinajstić information content (AvgIpc) is 3.10. The third kappa shape index (κ3) is 4.22. The van der Waals surface area contributed by atoms with E-state index < -0.39 is 0 Å². The molecule has 0 atom stereocenters. The minimum Gasteiger partial charge on any atom is -0.496 e. The number of amides is 1. The number of carbonyl (C=O) groups is 1. The molecule has 1 N–H and O–H groups in total. The SMILES string of the molecule is COc1cccc(OC)c1CNC(=O)c1ccc(Cn2nnnc2C)cc1. The first-order chi connectivity index (χ1) is 13.1. The van der Waals surface area contributed by atoms with E-state index in [1.54, 1.807) is 31.0 Å². The van der Waals surface area contributed by atoms with Gasteiger partial charge in [0.1, 0.15) is 17.3 Å². The van der Waals surface area contributed by atoms with Gasteiger partial charge in [0.25, 0.3) is 5.91 Å². The molecule has 1 heterocycles. The van der Waals surface area contributed by atoms with Crippen LogP contribution in [0.25, 0.3) is 0 Å². The quantitative estimate of drug-likeness (QED) is 0.687. The third-order valence-corrected chi connectivity index (χ3v) is 4.22. The molecule has 140 valence electrons. The molecule has 0 saturated heterocycles. The summed E-state index contributed by atoms with van der Waals surface area (Å²) in [4.78, 5) is 12.5. The van der Waals surface area contributed by atoms with Crippen molar-refractivity contribution in [2.75, 3.05) is 14.2 Å². The second-order valence-electron chi connectivity index (χ2n) is 5.90. The Balaban J connectivity index is 1.66. The van der Waals surface area contributed by atoms with Crippen molar-refractivity contribution in [2.24, 2.45) is 0 Å². The van der Waals surface area contributed by atoms with Gasteiger partial charge in [0.05, 0.1) is 32.9 Å². The van der Waals surface area contributed by atoms with Gasteiger partial charge in [-0.3, -0.25) is 4.79 Å². The molecule has 0 spiro atoms. The van der Waals surface area contributed by atoms with Gasteiger partial charge in [-0.25, -0.2) is 4.68 Å². The van der Waals surface area contributed by atoms with Gasteiger partial charge in [-0.15, -0.1) is 5.10 Å². The van der Waals surface area contributed by atoms with E-state index in [-0.39, 0.29) is 5.91 Å². The molecule has 3 aromatic rings. The zero-order valence-electron chi connectivity index (χ0n) is 15.5. The van der Waals surface area contributed by atoms with E-state index in [0.29, 0.717) is 30.2 Å². The Morgan fingerprint density at radius 1 is 1.07 bits per heavy atom. The van der Waals surface area contributed by atoms with Crippen LogP contribution in [0.4, 0.5) is 0 Å². The normalized spacial score (nSPS) is 10.5. The van der Waals surface area contributed by atoms with Crippen LogP contribution < -0.4 is 14.8 Å². The zero-order chi connectivity index (χ0) is 19.2. The lowest BCUT2D eigenvalue weighted by atomic mass is 10.1. The molecule has 3 rings (SSSR count). The Labute approximate surface area is 157 Å². The first-order valence-electron chi connectivity index (χ1n) is 8.42. The second kappa shape index (κ2) is 8.31. The first kappa shape index (κ1) is 18.4. The number of hydrogen-bond donors (Lipinski definition) is 1. The minimum atomic E-state index is -0.173. The molecule has 0 unspecified atom stereocenters. The lowest BCUT2D eigenvalue weighted by Gasteiger charge is -2.13. The number of methoxy groups -OCH3 is 2. The molecule has 27 heavy (non-hydrogen) atoms. The summed E-state index contributed by atoms with van der Waals surface area (Å²) in [5.41, 5.74) is 2.37. The molecule has 0 aliphatic heterocycles. The summed E-state index contributed by atoms with van der Waals surface area (Å²) in [6, 6.07) is 12.8. The highest BCUT2D eigenvalue weighted by atomic mass is 16.5. The first-order valence-corrected chi connectivity index (χ1v) is 8.42. The predicted molar refractivity (Wildman–Crippen MR) is 98.8 cm³/mol. The molecule has 0 bridgehead atoms. The minimum absolute atomic E-state index is 0.173. The lowest BCUT2D eigenvalue weighted by molar-refractivity contribution is 0.0950. The van der Waals surface area contributed by atoms with E-state index in [4.69, 9.17) is 9.47 Å². The summed E-state index contributed by atoms with van der Waals surface area (Å²) in [5.74, 6) is 1.90. The molecule has 0 aliphatic carbocycles. The van der Waals surface area contributed by atoms with Crippen LogP contribution in [0.2, 0.25) is 0 Å². The fraction of sp³-hybridized carbons (Fsp3) is 0.263. The molecule has 8 heteroatoms. The maximum Gasteiger partial charge on any atom is 0.251 e. The van der Waals surface area contributed by atoms with Crippen molar-refractivity contribution in [1.82, 2.24) is 25.5 Å². The van der Waals surface area contributed by atoms with Gasteiger partial charge in [0.15, 0.2) is 0 Å². The lowest BCUT2D eigenvalue weighted by Crippen LogP contribution is -2.23. The summed E-state index contributed by atoms with van der Waals surface area (Å²) in [5, 5.41) is 14.3. The third-order valence-electron chi connectivity index (χ3n) is 4.22. The van der Waals surface area contributed by atoms with Crippen molar-refractivity contribution in [3.8, 4) is 11.5 Å². The van der Waals surface area contributed by atoms with Crippen LogP contribution in [0.15, 0.2) is 42.5 Å². The summed E-state index contributed by atoms with van der Waals surface area (Å²) in [6.07, 6.45) is 0. The average molecular weight is 367 g/mol. The van der Waals surface area contributed by atoms with Crippen molar-refractivity contribution >= 4 is 5.91 Å².